The number of amides is 2. The van der Waals surface area contributed by atoms with Crippen LogP contribution in [0.15, 0.2) is 24.4 Å². The van der Waals surface area contributed by atoms with E-state index < -0.39 is 0 Å². The van der Waals surface area contributed by atoms with Gasteiger partial charge in [-0.05, 0) is 63.6 Å². The van der Waals surface area contributed by atoms with Gasteiger partial charge in [-0.2, -0.15) is 4.98 Å². The van der Waals surface area contributed by atoms with Crippen LogP contribution in [0, 0.1) is 6.92 Å². The van der Waals surface area contributed by atoms with Crippen LogP contribution in [0.1, 0.15) is 74.2 Å². The van der Waals surface area contributed by atoms with Gasteiger partial charge in [0.2, 0.25) is 11.9 Å². The molecule has 0 radical (unpaired) electrons. The molecule has 1 saturated heterocycles. The van der Waals surface area contributed by atoms with Crippen LogP contribution in [0.25, 0.3) is 0 Å². The van der Waals surface area contributed by atoms with Gasteiger partial charge in [-0.15, -0.1) is 0 Å². The van der Waals surface area contributed by atoms with Crippen molar-refractivity contribution in [3.05, 3.63) is 35.5 Å². The summed E-state index contributed by atoms with van der Waals surface area (Å²) in [7, 11) is 1.59. The van der Waals surface area contributed by atoms with Gasteiger partial charge in [0, 0.05) is 61.5 Å². The number of likely N-dealkylation sites (tertiary alicyclic amines) is 1. The number of hydrogen-bond acceptors (Lipinski definition) is 8. The Morgan fingerprint density at radius 3 is 2.44 bits per heavy atom. The minimum absolute atomic E-state index is 0.0151. The minimum Gasteiger partial charge on any atom is -0.495 e. The van der Waals surface area contributed by atoms with E-state index in [0.29, 0.717) is 22.9 Å². The second-order valence-electron chi connectivity index (χ2n) is 11.1. The lowest BCUT2D eigenvalue weighted by Crippen LogP contribution is -2.48. The fourth-order valence-corrected chi connectivity index (χ4v) is 5.74. The summed E-state index contributed by atoms with van der Waals surface area (Å²) in [5.74, 6) is 1.61. The van der Waals surface area contributed by atoms with Crippen molar-refractivity contribution in [3.8, 4) is 5.75 Å². The quantitative estimate of drug-likeness (QED) is 0.383. The summed E-state index contributed by atoms with van der Waals surface area (Å²) in [5, 5.41) is 13.1. The van der Waals surface area contributed by atoms with Crippen molar-refractivity contribution in [2.45, 2.75) is 89.4 Å². The number of nitrogens with zero attached hydrogens (tertiary/aromatic N) is 3. The first-order valence-corrected chi connectivity index (χ1v) is 14.3. The molecule has 0 spiro atoms. The largest absolute Gasteiger partial charge is 0.495 e. The molecule has 3 fully saturated rings. The Labute approximate surface area is 230 Å². The van der Waals surface area contributed by atoms with Crippen LogP contribution in [0.4, 0.5) is 17.5 Å². The first kappa shape index (κ1) is 27.2. The highest BCUT2D eigenvalue weighted by atomic mass is 16.5. The SMILES string of the molecule is COc1cc(C(=O)NC2CCN(C3CC3)CC2)ccc1Nc1ncc(C)c(N[C@@H]2CCCC[C@H]2NC(C)=O)n1. The van der Waals surface area contributed by atoms with Crippen LogP contribution in [0.3, 0.4) is 0 Å². The lowest BCUT2D eigenvalue weighted by molar-refractivity contribution is -0.119. The molecule has 10 heteroatoms. The highest BCUT2D eigenvalue weighted by molar-refractivity contribution is 5.95. The van der Waals surface area contributed by atoms with Gasteiger partial charge in [-0.1, -0.05) is 12.8 Å². The number of hydrogen-bond donors (Lipinski definition) is 4. The topological polar surface area (TPSA) is 121 Å². The number of anilines is 3. The number of ether oxygens (including phenoxy) is 1. The molecular formula is C29H41N7O3. The van der Waals surface area contributed by atoms with Crippen molar-refractivity contribution in [2.24, 2.45) is 0 Å². The van der Waals surface area contributed by atoms with Crippen molar-refractivity contribution < 1.29 is 14.3 Å². The highest BCUT2D eigenvalue weighted by Crippen LogP contribution is 2.31. The van der Waals surface area contributed by atoms with Crippen molar-refractivity contribution in [1.29, 1.82) is 0 Å². The van der Waals surface area contributed by atoms with Gasteiger partial charge in [-0.25, -0.2) is 4.98 Å². The molecule has 1 aromatic carbocycles. The number of methoxy groups -OCH3 is 1. The van der Waals surface area contributed by atoms with Crippen molar-refractivity contribution in [2.75, 3.05) is 30.8 Å². The van der Waals surface area contributed by atoms with Gasteiger partial charge in [0.15, 0.2) is 0 Å². The molecule has 3 aliphatic rings. The highest BCUT2D eigenvalue weighted by Gasteiger charge is 2.32. The van der Waals surface area contributed by atoms with E-state index in [1.807, 2.05) is 13.0 Å². The van der Waals surface area contributed by atoms with Crippen LogP contribution < -0.4 is 26.0 Å². The van der Waals surface area contributed by atoms with E-state index in [4.69, 9.17) is 9.72 Å². The molecular weight excluding hydrogens is 494 g/mol. The van der Waals surface area contributed by atoms with Crippen molar-refractivity contribution in [3.63, 3.8) is 0 Å². The summed E-state index contributed by atoms with van der Waals surface area (Å²) in [4.78, 5) is 36.4. The van der Waals surface area contributed by atoms with Gasteiger partial charge in [-0.3, -0.25) is 9.59 Å². The molecule has 2 amide bonds. The summed E-state index contributed by atoms with van der Waals surface area (Å²) < 4.78 is 5.61. The number of carbonyl (C=O) groups excluding carboxylic acids is 2. The van der Waals surface area contributed by atoms with E-state index in [9.17, 15) is 9.59 Å². The zero-order valence-corrected chi connectivity index (χ0v) is 23.3. The number of benzene rings is 1. The molecule has 2 aromatic rings. The average molecular weight is 536 g/mol. The number of aromatic nitrogens is 2. The molecule has 2 atom stereocenters. The number of carbonyl (C=O) groups is 2. The predicted octanol–water partition coefficient (Wildman–Crippen LogP) is 3.75. The molecule has 1 aromatic heterocycles. The van der Waals surface area contributed by atoms with Crippen molar-refractivity contribution in [1.82, 2.24) is 25.5 Å². The van der Waals surface area contributed by atoms with Crippen LogP contribution >= 0.6 is 0 Å². The average Bonchev–Trinajstić information content (AvgIpc) is 3.78. The van der Waals surface area contributed by atoms with Crippen LogP contribution in [-0.2, 0) is 4.79 Å². The summed E-state index contributed by atoms with van der Waals surface area (Å²) >= 11 is 0. The maximum Gasteiger partial charge on any atom is 0.251 e. The Morgan fingerprint density at radius 2 is 1.74 bits per heavy atom. The fourth-order valence-electron chi connectivity index (χ4n) is 5.74. The predicted molar refractivity (Wildman–Crippen MR) is 152 cm³/mol. The lowest BCUT2D eigenvalue weighted by Gasteiger charge is -2.33. The number of rotatable bonds is 9. The summed E-state index contributed by atoms with van der Waals surface area (Å²) in [6.45, 7) is 5.64. The Balaban J connectivity index is 1.23. The molecule has 1 aliphatic heterocycles. The van der Waals surface area contributed by atoms with Gasteiger partial charge in [0.1, 0.15) is 11.6 Å². The normalized spacial score (nSPS) is 22.1. The Bertz CT molecular complexity index is 1180. The monoisotopic (exact) mass is 535 g/mol. The second kappa shape index (κ2) is 12.2. The Kier molecular flexibility index (Phi) is 8.50. The molecule has 2 saturated carbocycles. The molecule has 2 heterocycles. The smallest absolute Gasteiger partial charge is 0.251 e. The van der Waals surface area contributed by atoms with Crippen LogP contribution in [0.5, 0.6) is 5.75 Å². The number of aryl methyl sites for hydroxylation is 1. The summed E-state index contributed by atoms with van der Waals surface area (Å²) in [5.41, 5.74) is 2.17. The van der Waals surface area contributed by atoms with Crippen LogP contribution in [0.2, 0.25) is 0 Å². The fraction of sp³-hybridized carbons (Fsp3) is 0.586. The first-order chi connectivity index (χ1) is 18.9. The molecule has 0 unspecified atom stereocenters. The maximum atomic E-state index is 13.0. The number of piperidine rings is 1. The molecule has 0 bridgehead atoms. The van der Waals surface area contributed by atoms with E-state index in [1.165, 1.54) is 12.8 Å². The third-order valence-electron chi connectivity index (χ3n) is 8.09. The second-order valence-corrected chi connectivity index (χ2v) is 11.1. The summed E-state index contributed by atoms with van der Waals surface area (Å²) in [6, 6.07) is 6.55. The van der Waals surface area contributed by atoms with Crippen molar-refractivity contribution >= 4 is 29.3 Å². The zero-order chi connectivity index (χ0) is 27.4. The van der Waals surface area contributed by atoms with E-state index >= 15 is 0 Å². The molecule has 5 rings (SSSR count). The molecule has 210 valence electrons. The van der Waals surface area contributed by atoms with Crippen LogP contribution in [-0.4, -0.2) is 71.0 Å². The third kappa shape index (κ3) is 6.98. The van der Waals surface area contributed by atoms with Gasteiger partial charge < -0.3 is 30.9 Å². The van der Waals surface area contributed by atoms with E-state index in [0.717, 1.165) is 69.0 Å². The standard InChI is InChI=1S/C29H41N7O3/c1-18-17-30-29(35-27(18)33-24-7-5-4-6-23(24)31-19(2)37)34-25-11-8-20(16-26(25)39-3)28(38)32-21-12-14-36(15-13-21)22-9-10-22/h8,11,16-17,21-24H,4-7,9-10,12-15H2,1-3H3,(H,31,37)(H,32,38)(H2,30,33,34,35)/t23-,24-/m1/s1. The first-order valence-electron chi connectivity index (χ1n) is 14.3. The lowest BCUT2D eigenvalue weighted by atomic mass is 9.90. The van der Waals surface area contributed by atoms with Gasteiger partial charge in [0.05, 0.1) is 12.8 Å². The van der Waals surface area contributed by atoms with E-state index in [1.54, 1.807) is 32.4 Å². The Hall–Kier alpha value is -3.40. The van der Waals surface area contributed by atoms with Gasteiger partial charge >= 0.3 is 0 Å². The van der Waals surface area contributed by atoms with Gasteiger partial charge in [0.25, 0.3) is 5.91 Å². The van der Waals surface area contributed by atoms with E-state index in [2.05, 4.69) is 31.2 Å². The Morgan fingerprint density at radius 1 is 1.00 bits per heavy atom. The summed E-state index contributed by atoms with van der Waals surface area (Å²) in [6.07, 6.45) is 10.5. The third-order valence-corrected chi connectivity index (χ3v) is 8.09. The molecule has 2 aliphatic carbocycles. The number of nitrogens with one attached hydrogen (secondary N) is 4. The zero-order valence-electron chi connectivity index (χ0n) is 23.3. The van der Waals surface area contributed by atoms with E-state index in [-0.39, 0.29) is 29.9 Å². The molecule has 10 nitrogen and oxygen atoms in total. The minimum atomic E-state index is -0.0796. The maximum absolute atomic E-state index is 13.0. The molecule has 4 N–H and O–H groups in total. The molecule has 39 heavy (non-hydrogen) atoms.